The molecule has 25 heteroatoms. The van der Waals surface area contributed by atoms with Crippen molar-refractivity contribution in [3.63, 3.8) is 0 Å². The number of aryl methyl sites for hydroxylation is 1. The number of nitrogen functional groups attached to an aromatic ring is 1. The van der Waals surface area contributed by atoms with E-state index in [0.29, 0.717) is 41.8 Å². The summed E-state index contributed by atoms with van der Waals surface area (Å²) in [6.45, 7) is 1.58. The van der Waals surface area contributed by atoms with E-state index >= 15 is 0 Å². The Kier molecular flexibility index (Phi) is 24.7. The van der Waals surface area contributed by atoms with Crippen molar-refractivity contribution in [3.05, 3.63) is 230 Å². The van der Waals surface area contributed by atoms with E-state index in [2.05, 4.69) is 41.3 Å². The van der Waals surface area contributed by atoms with Crippen LogP contribution in [0.4, 0.5) is 30.2 Å². The standard InChI is InChI=1S/C19H15ClFNO3S.C13H11BrFNO3S.C7H9BO2.C7H9NO.C6H3BrClFO2S/c20-16-7-4-14(5-8-16)15-6-9-19(18(21)11-15)26(24,25)22-17-3-1-2-13(10-17)12-23;14-10-4-5-13(12(15)7-10)20(18,19)16-11-3-1-2-9(6-11)8-17;1-6-2-4-7(5-3-6)8(9)10;8-7-3-1-2-6(4-7)5-9;7-4-1-2-6(5(9)3-4)12(8,10)11/h1-11,22-23H,12H2;1-7,16-17H,8H2;2-5,9-10H,1H3;1-4,9H,5,8H2;1-3H. The van der Waals surface area contributed by atoms with Crippen molar-refractivity contribution < 1.29 is 63.8 Å². The van der Waals surface area contributed by atoms with E-state index in [4.69, 9.17) is 53.4 Å². The summed E-state index contributed by atoms with van der Waals surface area (Å²) in [5, 5.41) is 44.6. The van der Waals surface area contributed by atoms with Crippen LogP contribution in [-0.4, -0.2) is 57.7 Å². The van der Waals surface area contributed by atoms with Gasteiger partial charge in [0.25, 0.3) is 29.1 Å². The van der Waals surface area contributed by atoms with E-state index in [-0.39, 0.29) is 31.2 Å². The molecular weight excluding hydrogens is 1240 g/mol. The number of sulfonamides is 2. The van der Waals surface area contributed by atoms with Crippen LogP contribution in [0.2, 0.25) is 5.02 Å². The molecule has 0 unspecified atom stereocenters. The van der Waals surface area contributed by atoms with E-state index in [1.807, 2.05) is 31.2 Å². The number of anilines is 3. The Balaban J connectivity index is 0.000000221. The van der Waals surface area contributed by atoms with Crippen LogP contribution in [-0.2, 0) is 48.9 Å². The zero-order chi connectivity index (χ0) is 57.1. The molecule has 0 heterocycles. The number of rotatable bonds is 12. The Bertz CT molecular complexity index is 3600. The van der Waals surface area contributed by atoms with Crippen molar-refractivity contribution in [1.29, 1.82) is 0 Å². The lowest BCUT2D eigenvalue weighted by atomic mass is 9.80. The monoisotopic (exact) mass is 1280 g/mol. The number of hydrogen-bond acceptors (Lipinski definition) is 12. The van der Waals surface area contributed by atoms with Gasteiger partial charge in [-0.1, -0.05) is 128 Å². The molecule has 0 radical (unpaired) electrons. The summed E-state index contributed by atoms with van der Waals surface area (Å²) in [7, 11) is -8.50. The largest absolute Gasteiger partial charge is 0.488 e. The van der Waals surface area contributed by atoms with Gasteiger partial charge in [0.2, 0.25) is 0 Å². The number of halogens is 7. The molecular formula is C52H47BBr2Cl2F3N3O11S3. The van der Waals surface area contributed by atoms with Gasteiger partial charge >= 0.3 is 7.12 Å². The second kappa shape index (κ2) is 29.8. The fourth-order valence-electron chi connectivity index (χ4n) is 6.22. The third-order valence-electron chi connectivity index (χ3n) is 9.97. The van der Waals surface area contributed by atoms with Gasteiger partial charge in [0.05, 0.1) is 19.8 Å². The first kappa shape index (κ1) is 63.7. The molecule has 0 amide bonds. The molecule has 14 nitrogen and oxygen atoms in total. The Hall–Kier alpha value is -5.80. The van der Waals surface area contributed by atoms with Crippen molar-refractivity contribution >= 4 is 113 Å². The molecule has 0 aliphatic heterocycles. The normalized spacial score (nSPS) is 10.9. The second-order valence-corrected chi connectivity index (χ2v) is 24.0. The molecule has 8 aromatic rings. The Morgan fingerprint density at radius 2 is 0.922 bits per heavy atom. The Morgan fingerprint density at radius 1 is 0.519 bits per heavy atom. The molecule has 0 aliphatic carbocycles. The molecule has 0 aliphatic rings. The molecule has 9 N–H and O–H groups in total. The Morgan fingerprint density at radius 3 is 1.31 bits per heavy atom. The topological polar surface area (TPSA) is 254 Å². The highest BCUT2D eigenvalue weighted by atomic mass is 79.9. The molecule has 8 aromatic carbocycles. The quantitative estimate of drug-likeness (QED) is 0.0323. The summed E-state index contributed by atoms with van der Waals surface area (Å²) < 4.78 is 117. The predicted octanol–water partition coefficient (Wildman–Crippen LogP) is 10.3. The third kappa shape index (κ3) is 20.8. The first-order valence-electron chi connectivity index (χ1n) is 22.0. The van der Waals surface area contributed by atoms with Gasteiger partial charge in [0, 0.05) is 41.7 Å². The van der Waals surface area contributed by atoms with Crippen LogP contribution in [0, 0.1) is 24.4 Å². The number of benzene rings is 8. The summed E-state index contributed by atoms with van der Waals surface area (Å²) in [5.41, 5.74) is 11.5. The van der Waals surface area contributed by atoms with Crippen molar-refractivity contribution in [2.24, 2.45) is 0 Å². The third-order valence-corrected chi connectivity index (χ3v) is 15.4. The van der Waals surface area contributed by atoms with Gasteiger partial charge < -0.3 is 31.1 Å². The zero-order valence-electron chi connectivity index (χ0n) is 40.1. The average molecular weight is 1280 g/mol. The fraction of sp³-hybridized carbons (Fsp3) is 0.0769. The molecule has 0 bridgehead atoms. The number of nitrogens with two attached hydrogens (primary N) is 1. The first-order valence-corrected chi connectivity index (χ1v) is 29.2. The number of hydrogen-bond donors (Lipinski definition) is 8. The van der Waals surface area contributed by atoms with E-state index < -0.39 is 68.4 Å². The maximum atomic E-state index is 14.5. The Labute approximate surface area is 470 Å². The van der Waals surface area contributed by atoms with Gasteiger partial charge in [-0.2, -0.15) is 0 Å². The minimum absolute atomic E-state index is 0.0606. The lowest BCUT2D eigenvalue weighted by molar-refractivity contribution is 0.281. The number of nitrogens with one attached hydrogen (secondary N) is 2. The predicted molar refractivity (Wildman–Crippen MR) is 302 cm³/mol. The van der Waals surface area contributed by atoms with Crippen molar-refractivity contribution in [2.45, 2.75) is 41.4 Å². The summed E-state index contributed by atoms with van der Waals surface area (Å²) in [6, 6.07) is 44.7. The van der Waals surface area contributed by atoms with E-state index in [0.717, 1.165) is 34.9 Å². The van der Waals surface area contributed by atoms with E-state index in [1.165, 1.54) is 60.7 Å². The van der Waals surface area contributed by atoms with Crippen LogP contribution in [0.3, 0.4) is 0 Å². The molecule has 0 saturated heterocycles. The highest BCUT2D eigenvalue weighted by Gasteiger charge is 2.21. The maximum absolute atomic E-state index is 14.5. The number of aliphatic hydroxyl groups excluding tert-OH is 3. The molecule has 0 fully saturated rings. The van der Waals surface area contributed by atoms with Gasteiger partial charge in [-0.05, 0) is 137 Å². The van der Waals surface area contributed by atoms with Gasteiger partial charge in [-0.25, -0.2) is 38.4 Å². The van der Waals surface area contributed by atoms with Gasteiger partial charge in [0.1, 0.15) is 32.1 Å². The lowest BCUT2D eigenvalue weighted by Gasteiger charge is -2.11. The van der Waals surface area contributed by atoms with Crippen molar-refractivity contribution in [1.82, 2.24) is 0 Å². The van der Waals surface area contributed by atoms with Crippen LogP contribution in [0.1, 0.15) is 22.3 Å². The van der Waals surface area contributed by atoms with Gasteiger partial charge in [-0.15, -0.1) is 0 Å². The van der Waals surface area contributed by atoms with Crippen molar-refractivity contribution in [2.75, 3.05) is 15.2 Å². The molecule has 8 rings (SSSR count). The van der Waals surface area contributed by atoms with Crippen LogP contribution >= 0.6 is 54.1 Å². The smallest absolute Gasteiger partial charge is 0.423 e. The van der Waals surface area contributed by atoms with E-state index in [9.17, 15) is 38.4 Å². The van der Waals surface area contributed by atoms with Crippen LogP contribution in [0.15, 0.2) is 200 Å². The minimum atomic E-state index is -4.10. The highest BCUT2D eigenvalue weighted by Crippen LogP contribution is 2.28. The molecule has 0 saturated carbocycles. The maximum Gasteiger partial charge on any atom is 0.488 e. The first-order chi connectivity index (χ1) is 36.2. The SMILES string of the molecule is Cc1ccc(B(O)O)cc1.Nc1cccc(CO)c1.O=S(=O)(Cl)c1ccc(Br)cc1F.O=S(=O)(Nc1cccc(CO)c1)c1ccc(-c2ccc(Cl)cc2)cc1F.O=S(=O)(Nc1cccc(CO)c1)c1ccc(Br)cc1F. The van der Waals surface area contributed by atoms with E-state index in [1.54, 1.807) is 72.8 Å². The zero-order valence-corrected chi connectivity index (χ0v) is 47.2. The lowest BCUT2D eigenvalue weighted by Crippen LogP contribution is -2.29. The minimum Gasteiger partial charge on any atom is -0.423 e. The summed E-state index contributed by atoms with van der Waals surface area (Å²) in [4.78, 5) is -1.40. The van der Waals surface area contributed by atoms with Crippen LogP contribution in [0.25, 0.3) is 11.1 Å². The molecule has 0 atom stereocenters. The molecule has 77 heavy (non-hydrogen) atoms. The summed E-state index contributed by atoms with van der Waals surface area (Å²) in [5.74, 6) is -2.56. The highest BCUT2D eigenvalue weighted by molar-refractivity contribution is 9.10. The fourth-order valence-corrected chi connectivity index (χ4v) is 10.1. The molecule has 406 valence electrons. The van der Waals surface area contributed by atoms with Gasteiger partial charge in [-0.3, -0.25) is 9.44 Å². The summed E-state index contributed by atoms with van der Waals surface area (Å²) in [6.07, 6.45) is 0. The second-order valence-electron chi connectivity index (χ2n) is 15.9. The number of aliphatic hydroxyl groups is 3. The summed E-state index contributed by atoms with van der Waals surface area (Å²) >= 11 is 11.9. The molecule has 0 aromatic heterocycles. The molecule has 0 spiro atoms. The van der Waals surface area contributed by atoms with Gasteiger partial charge in [0.15, 0.2) is 0 Å². The van der Waals surface area contributed by atoms with Crippen LogP contribution < -0.4 is 20.6 Å². The van der Waals surface area contributed by atoms with Crippen molar-refractivity contribution in [3.8, 4) is 11.1 Å². The average Bonchev–Trinajstić information content (AvgIpc) is 3.36. The van der Waals surface area contributed by atoms with Crippen LogP contribution in [0.5, 0.6) is 0 Å².